The zero-order valence-electron chi connectivity index (χ0n) is 22.0. The number of hydrogen-bond acceptors (Lipinski definition) is 7. The Balaban J connectivity index is 1.35. The van der Waals surface area contributed by atoms with Crippen LogP contribution in [0.2, 0.25) is 0 Å². The molecular formula is C27H30F4N6O4. The number of ether oxygens (including phenoxy) is 2. The van der Waals surface area contributed by atoms with Crippen LogP contribution in [0.4, 0.5) is 17.6 Å². The SMILES string of the molecule is NCCCCn1cnc(-c2cnc(O[C@@H]3CCN(C(=O)Cc4ccc(OC(F)(F)F)cc4)C[C@H]3F)c(C(N)=O)c2)c1. The highest BCUT2D eigenvalue weighted by molar-refractivity contribution is 5.96. The second-order valence-electron chi connectivity index (χ2n) is 9.60. The van der Waals surface area contributed by atoms with E-state index in [0.717, 1.165) is 31.5 Å². The minimum absolute atomic E-state index is 0.0242. The van der Waals surface area contributed by atoms with Crippen LogP contribution < -0.4 is 20.9 Å². The van der Waals surface area contributed by atoms with E-state index in [9.17, 15) is 22.8 Å². The van der Waals surface area contributed by atoms with Gasteiger partial charge in [-0.1, -0.05) is 12.1 Å². The van der Waals surface area contributed by atoms with Crippen molar-refractivity contribution in [2.45, 2.75) is 50.9 Å². The molecule has 0 spiro atoms. The smallest absolute Gasteiger partial charge is 0.471 e. The van der Waals surface area contributed by atoms with Crippen LogP contribution in [0.1, 0.15) is 35.2 Å². The predicted molar refractivity (Wildman–Crippen MR) is 140 cm³/mol. The number of imidazole rings is 1. The number of alkyl halides is 4. The van der Waals surface area contributed by atoms with Crippen molar-refractivity contribution in [2.75, 3.05) is 19.6 Å². The van der Waals surface area contributed by atoms with Crippen LogP contribution in [-0.4, -0.2) is 69.5 Å². The molecule has 1 fully saturated rings. The molecule has 10 nitrogen and oxygen atoms in total. The van der Waals surface area contributed by atoms with Crippen molar-refractivity contribution in [2.24, 2.45) is 11.5 Å². The van der Waals surface area contributed by atoms with Gasteiger partial charge in [0.25, 0.3) is 5.91 Å². The highest BCUT2D eigenvalue weighted by Crippen LogP contribution is 2.27. The standard InChI is InChI=1S/C27H30F4N6O4/c28-21-14-37(24(38)11-17-3-5-19(6-4-17)41-27(29,30)31)10-7-23(21)40-26-20(25(33)39)12-18(13-34-26)22-15-36(16-35-22)9-2-1-8-32/h3-6,12-13,15-16,21,23H,1-2,7-11,14,32H2,(H2,33,39)/t21-,23-/m1/s1. The largest absolute Gasteiger partial charge is 0.573 e. The number of pyridine rings is 1. The topological polar surface area (TPSA) is 139 Å². The summed E-state index contributed by atoms with van der Waals surface area (Å²) < 4.78 is 63.6. The molecule has 0 saturated carbocycles. The second kappa shape index (κ2) is 13.0. The van der Waals surface area contributed by atoms with Crippen LogP contribution in [0, 0.1) is 0 Å². The minimum atomic E-state index is -4.82. The first-order valence-corrected chi connectivity index (χ1v) is 13.0. The first-order valence-electron chi connectivity index (χ1n) is 13.0. The number of carbonyl (C=O) groups is 2. The summed E-state index contributed by atoms with van der Waals surface area (Å²) in [6.45, 7) is 1.25. The molecule has 0 radical (unpaired) electrons. The van der Waals surface area contributed by atoms with Gasteiger partial charge in [0.2, 0.25) is 11.8 Å². The molecule has 1 aromatic carbocycles. The zero-order valence-corrected chi connectivity index (χ0v) is 22.0. The van der Waals surface area contributed by atoms with Gasteiger partial charge < -0.3 is 30.4 Å². The molecule has 4 rings (SSSR count). The number of likely N-dealkylation sites (tertiary alicyclic amines) is 1. The Morgan fingerprint density at radius 1 is 1.12 bits per heavy atom. The Kier molecular flexibility index (Phi) is 9.42. The number of amides is 2. The van der Waals surface area contributed by atoms with E-state index >= 15 is 4.39 Å². The lowest BCUT2D eigenvalue weighted by Gasteiger charge is -2.34. The Hall–Kier alpha value is -4.20. The van der Waals surface area contributed by atoms with Crippen molar-refractivity contribution in [3.63, 3.8) is 0 Å². The predicted octanol–water partition coefficient (Wildman–Crippen LogP) is 3.24. The van der Waals surface area contributed by atoms with Crippen molar-refractivity contribution in [3.8, 4) is 22.9 Å². The highest BCUT2D eigenvalue weighted by atomic mass is 19.4. The van der Waals surface area contributed by atoms with Crippen LogP contribution in [0.3, 0.4) is 0 Å². The maximum Gasteiger partial charge on any atom is 0.573 e. The number of nitrogens with two attached hydrogens (primary N) is 2. The fourth-order valence-electron chi connectivity index (χ4n) is 4.41. The Bertz CT molecular complexity index is 1350. The molecular weight excluding hydrogens is 548 g/mol. The van der Waals surface area contributed by atoms with Gasteiger partial charge in [0.15, 0.2) is 6.17 Å². The third kappa shape index (κ3) is 8.16. The number of carbonyl (C=O) groups excluding carboxylic acids is 2. The van der Waals surface area contributed by atoms with Crippen molar-refractivity contribution in [3.05, 3.63) is 60.2 Å². The van der Waals surface area contributed by atoms with Crippen molar-refractivity contribution < 1.29 is 36.6 Å². The van der Waals surface area contributed by atoms with E-state index in [-0.39, 0.29) is 37.4 Å². The van der Waals surface area contributed by atoms with Gasteiger partial charge in [0.05, 0.1) is 25.0 Å². The Labute approximate surface area is 233 Å². The van der Waals surface area contributed by atoms with E-state index in [0.29, 0.717) is 23.4 Å². The van der Waals surface area contributed by atoms with Crippen molar-refractivity contribution in [1.29, 1.82) is 0 Å². The number of aromatic nitrogens is 3. The van der Waals surface area contributed by atoms with E-state index in [1.807, 2.05) is 10.8 Å². The number of benzene rings is 1. The zero-order chi connectivity index (χ0) is 29.6. The van der Waals surface area contributed by atoms with Crippen LogP contribution in [0.5, 0.6) is 11.6 Å². The monoisotopic (exact) mass is 578 g/mol. The van der Waals surface area contributed by atoms with Gasteiger partial charge in [-0.15, -0.1) is 13.2 Å². The third-order valence-electron chi connectivity index (χ3n) is 6.53. The van der Waals surface area contributed by atoms with E-state index in [4.69, 9.17) is 16.2 Å². The highest BCUT2D eigenvalue weighted by Gasteiger charge is 2.34. The first-order chi connectivity index (χ1) is 19.5. The number of rotatable bonds is 11. The minimum Gasteiger partial charge on any atom is -0.471 e. The fraction of sp³-hybridized carbons (Fsp3) is 0.407. The summed E-state index contributed by atoms with van der Waals surface area (Å²) in [4.78, 5) is 34.7. The second-order valence-corrected chi connectivity index (χ2v) is 9.60. The normalized spacial score (nSPS) is 17.3. The molecule has 2 aromatic heterocycles. The number of aryl methyl sites for hydroxylation is 1. The van der Waals surface area contributed by atoms with Gasteiger partial charge >= 0.3 is 6.36 Å². The molecule has 1 saturated heterocycles. The van der Waals surface area contributed by atoms with Gasteiger partial charge in [-0.25, -0.2) is 14.4 Å². The van der Waals surface area contributed by atoms with E-state index in [2.05, 4.69) is 14.7 Å². The number of nitrogens with zero attached hydrogens (tertiary/aromatic N) is 4. The van der Waals surface area contributed by atoms with Gasteiger partial charge in [-0.05, 0) is 43.1 Å². The average molecular weight is 579 g/mol. The summed E-state index contributed by atoms with van der Waals surface area (Å²) in [5.41, 5.74) is 12.6. The first kappa shape index (κ1) is 29.8. The maximum atomic E-state index is 15.1. The van der Waals surface area contributed by atoms with Crippen LogP contribution in [0.15, 0.2) is 49.1 Å². The van der Waals surface area contributed by atoms with E-state index in [1.165, 1.54) is 29.3 Å². The molecule has 2 atom stereocenters. The van der Waals surface area contributed by atoms with E-state index < -0.39 is 36.2 Å². The summed E-state index contributed by atoms with van der Waals surface area (Å²) in [6.07, 6.45) is -0.649. The molecule has 0 bridgehead atoms. The summed E-state index contributed by atoms with van der Waals surface area (Å²) in [5.74, 6) is -1.71. The number of primary amides is 1. The fourth-order valence-corrected chi connectivity index (χ4v) is 4.41. The van der Waals surface area contributed by atoms with Gasteiger partial charge in [0, 0.05) is 37.5 Å². The van der Waals surface area contributed by atoms with Gasteiger partial charge in [-0.3, -0.25) is 9.59 Å². The third-order valence-corrected chi connectivity index (χ3v) is 6.53. The molecule has 3 aromatic rings. The molecule has 14 heteroatoms. The molecule has 3 heterocycles. The molecule has 0 unspecified atom stereocenters. The summed E-state index contributed by atoms with van der Waals surface area (Å²) in [7, 11) is 0. The summed E-state index contributed by atoms with van der Waals surface area (Å²) in [5, 5.41) is 0. The number of hydrogen-bond donors (Lipinski definition) is 2. The number of unbranched alkanes of at least 4 members (excludes halogenated alkanes) is 1. The Morgan fingerprint density at radius 2 is 1.88 bits per heavy atom. The van der Waals surface area contributed by atoms with Crippen LogP contribution in [0.25, 0.3) is 11.3 Å². The van der Waals surface area contributed by atoms with Crippen molar-refractivity contribution in [1.82, 2.24) is 19.4 Å². The lowest BCUT2D eigenvalue weighted by atomic mass is 10.0. The number of halogens is 4. The van der Waals surface area contributed by atoms with Gasteiger partial charge in [-0.2, -0.15) is 0 Å². The molecule has 41 heavy (non-hydrogen) atoms. The summed E-state index contributed by atoms with van der Waals surface area (Å²) in [6, 6.07) is 6.40. The quantitative estimate of drug-likeness (QED) is 0.263. The molecule has 2 amide bonds. The van der Waals surface area contributed by atoms with Crippen LogP contribution >= 0.6 is 0 Å². The van der Waals surface area contributed by atoms with Gasteiger partial charge in [0.1, 0.15) is 17.4 Å². The van der Waals surface area contributed by atoms with E-state index in [1.54, 1.807) is 6.33 Å². The van der Waals surface area contributed by atoms with Crippen molar-refractivity contribution >= 4 is 11.8 Å². The molecule has 4 N–H and O–H groups in total. The summed E-state index contributed by atoms with van der Waals surface area (Å²) >= 11 is 0. The lowest BCUT2D eigenvalue weighted by molar-refractivity contribution is -0.274. The molecule has 1 aliphatic heterocycles. The maximum absolute atomic E-state index is 15.1. The Morgan fingerprint density at radius 3 is 2.54 bits per heavy atom. The lowest BCUT2D eigenvalue weighted by Crippen LogP contribution is -2.49. The number of piperidine rings is 1. The van der Waals surface area contributed by atoms with Crippen LogP contribution in [-0.2, 0) is 17.8 Å². The average Bonchev–Trinajstić information content (AvgIpc) is 3.39. The molecule has 0 aliphatic carbocycles. The molecule has 1 aliphatic rings. The molecule has 220 valence electrons.